The number of anilines is 1. The van der Waals surface area contributed by atoms with Gasteiger partial charge in [0.15, 0.2) is 4.90 Å². The largest absolute Gasteiger partial charge is 0.478 e. The number of piperazine rings is 1. The number of rotatable bonds is 10. The van der Waals surface area contributed by atoms with E-state index in [9.17, 15) is 23.3 Å². The Kier molecular flexibility index (Phi) is 10.1. The quantitative estimate of drug-likeness (QED) is 0.232. The number of ether oxygens (including phenoxy) is 2. The van der Waals surface area contributed by atoms with E-state index in [0.717, 1.165) is 29.3 Å². The van der Waals surface area contributed by atoms with Gasteiger partial charge in [0.1, 0.15) is 5.60 Å². The van der Waals surface area contributed by atoms with Crippen LogP contribution in [0, 0.1) is 10.1 Å². The van der Waals surface area contributed by atoms with Crippen LogP contribution >= 0.6 is 0 Å². The third-order valence-electron chi connectivity index (χ3n) is 7.16. The van der Waals surface area contributed by atoms with Crippen molar-refractivity contribution in [2.45, 2.75) is 64.1 Å². The van der Waals surface area contributed by atoms with Crippen molar-refractivity contribution in [1.29, 1.82) is 0 Å². The zero-order chi connectivity index (χ0) is 32.1. The van der Waals surface area contributed by atoms with Gasteiger partial charge in [0.2, 0.25) is 15.9 Å². The highest BCUT2D eigenvalue weighted by Gasteiger charge is 2.33. The van der Waals surface area contributed by atoms with Crippen molar-refractivity contribution < 1.29 is 27.6 Å². The Morgan fingerprint density at radius 2 is 1.86 bits per heavy atom. The number of benzene rings is 2. The molecule has 0 bridgehead atoms. The van der Waals surface area contributed by atoms with E-state index in [-0.39, 0.29) is 18.7 Å². The molecule has 236 valence electrons. The highest BCUT2D eigenvalue weighted by molar-refractivity contribution is 7.89. The summed E-state index contributed by atoms with van der Waals surface area (Å²) in [5.74, 6) is 0.451. The first-order chi connectivity index (χ1) is 20.8. The number of sulfonamides is 1. The molecule has 0 aliphatic carbocycles. The van der Waals surface area contributed by atoms with Crippen LogP contribution in [-0.2, 0) is 21.3 Å². The van der Waals surface area contributed by atoms with Gasteiger partial charge in [0.05, 0.1) is 11.5 Å². The molecule has 2 aromatic carbocycles. The van der Waals surface area contributed by atoms with Gasteiger partial charge < -0.3 is 19.3 Å². The monoisotopic (exact) mass is 625 g/mol. The molecule has 0 radical (unpaired) electrons. The van der Waals surface area contributed by atoms with Gasteiger partial charge in [-0.15, -0.1) is 0 Å². The number of nitrogens with one attached hydrogen (secondary N) is 1. The van der Waals surface area contributed by atoms with Crippen LogP contribution in [0.5, 0.6) is 5.88 Å². The summed E-state index contributed by atoms with van der Waals surface area (Å²) in [6, 6.07) is 14.6. The van der Waals surface area contributed by atoms with Gasteiger partial charge in [-0.05, 0) is 75.6 Å². The minimum atomic E-state index is -4.25. The molecule has 12 nitrogen and oxygen atoms in total. The van der Waals surface area contributed by atoms with E-state index >= 15 is 0 Å². The summed E-state index contributed by atoms with van der Waals surface area (Å²) in [6.07, 6.45) is 1.99. The second-order valence-electron chi connectivity index (χ2n) is 11.4. The van der Waals surface area contributed by atoms with Crippen LogP contribution < -0.4 is 14.4 Å². The molecule has 0 saturated carbocycles. The maximum atomic E-state index is 13.3. The number of carbonyl (C=O) groups excluding carboxylic acids is 1. The fourth-order valence-electron chi connectivity index (χ4n) is 5.14. The molecule has 0 unspecified atom stereocenters. The predicted molar refractivity (Wildman–Crippen MR) is 167 cm³/mol. The van der Waals surface area contributed by atoms with Gasteiger partial charge in [-0.25, -0.2) is 22.9 Å². The van der Waals surface area contributed by atoms with Gasteiger partial charge in [0.25, 0.3) is 5.69 Å². The SMILES string of the molecule is CCOc1ncccc1-c1ccc(N2CCN(C(=O)OC(C)(C)C)C[C@H]2CC)c(CNS(=O)(=O)c2ccccc2[N+](=O)[O-])c1. The molecule has 44 heavy (non-hydrogen) atoms. The summed E-state index contributed by atoms with van der Waals surface area (Å²) in [5.41, 5.74) is 1.83. The minimum Gasteiger partial charge on any atom is -0.478 e. The third-order valence-corrected chi connectivity index (χ3v) is 8.61. The average molecular weight is 626 g/mol. The average Bonchev–Trinajstić information content (AvgIpc) is 2.99. The van der Waals surface area contributed by atoms with E-state index in [1.165, 1.54) is 18.2 Å². The lowest BCUT2D eigenvalue weighted by atomic mass is 10.00. The van der Waals surface area contributed by atoms with E-state index in [2.05, 4.69) is 14.6 Å². The normalized spacial score (nSPS) is 15.6. The lowest BCUT2D eigenvalue weighted by molar-refractivity contribution is -0.387. The molecule has 1 fully saturated rings. The number of nitro benzene ring substituents is 1. The molecular formula is C31H39N5O7S. The van der Waals surface area contributed by atoms with Crippen molar-refractivity contribution in [3.63, 3.8) is 0 Å². The second kappa shape index (κ2) is 13.6. The maximum absolute atomic E-state index is 13.3. The van der Waals surface area contributed by atoms with Crippen molar-refractivity contribution in [2.24, 2.45) is 0 Å². The number of hydrogen-bond donors (Lipinski definition) is 1. The summed E-state index contributed by atoms with van der Waals surface area (Å²) in [7, 11) is -4.25. The Morgan fingerprint density at radius 3 is 2.55 bits per heavy atom. The number of aromatic nitrogens is 1. The molecule has 1 aliphatic heterocycles. The third kappa shape index (κ3) is 7.64. The van der Waals surface area contributed by atoms with Gasteiger partial charge >= 0.3 is 6.09 Å². The Balaban J connectivity index is 1.71. The van der Waals surface area contributed by atoms with Crippen LogP contribution in [0.1, 0.15) is 46.6 Å². The first kappa shape index (κ1) is 32.7. The smallest absolute Gasteiger partial charge is 0.410 e. The van der Waals surface area contributed by atoms with Gasteiger partial charge in [-0.2, -0.15) is 0 Å². The highest BCUT2D eigenvalue weighted by Crippen LogP contribution is 2.34. The lowest BCUT2D eigenvalue weighted by Gasteiger charge is -2.43. The van der Waals surface area contributed by atoms with Crippen LogP contribution in [0.2, 0.25) is 0 Å². The molecule has 1 N–H and O–H groups in total. The number of nitro groups is 1. The maximum Gasteiger partial charge on any atom is 0.410 e. The second-order valence-corrected chi connectivity index (χ2v) is 13.1. The number of nitrogens with zero attached hydrogens (tertiary/aromatic N) is 4. The van der Waals surface area contributed by atoms with Crippen LogP contribution in [0.15, 0.2) is 65.7 Å². The van der Waals surface area contributed by atoms with Gasteiger partial charge in [0, 0.05) is 55.7 Å². The van der Waals surface area contributed by atoms with Crippen LogP contribution in [0.25, 0.3) is 11.1 Å². The van der Waals surface area contributed by atoms with Crippen LogP contribution in [0.3, 0.4) is 0 Å². The fraction of sp³-hybridized carbons (Fsp3) is 0.419. The number of carbonyl (C=O) groups is 1. The summed E-state index contributed by atoms with van der Waals surface area (Å²) >= 11 is 0. The molecule has 1 saturated heterocycles. The molecule has 2 heterocycles. The molecule has 1 aromatic heterocycles. The molecule has 1 atom stereocenters. The highest BCUT2D eigenvalue weighted by atomic mass is 32.2. The predicted octanol–water partition coefficient (Wildman–Crippen LogP) is 5.37. The number of pyridine rings is 1. The summed E-state index contributed by atoms with van der Waals surface area (Å²) in [4.78, 5) is 31.5. The first-order valence-electron chi connectivity index (χ1n) is 14.5. The van der Waals surface area contributed by atoms with E-state index in [1.54, 1.807) is 17.2 Å². The molecule has 3 aromatic rings. The van der Waals surface area contributed by atoms with E-state index < -0.39 is 31.1 Å². The van der Waals surface area contributed by atoms with E-state index in [1.807, 2.05) is 58.9 Å². The van der Waals surface area contributed by atoms with Crippen LogP contribution in [0.4, 0.5) is 16.2 Å². The zero-order valence-electron chi connectivity index (χ0n) is 25.6. The molecule has 13 heteroatoms. The lowest BCUT2D eigenvalue weighted by Crippen LogP contribution is -2.55. The van der Waals surface area contributed by atoms with Crippen molar-refractivity contribution in [3.05, 3.63) is 76.5 Å². The standard InChI is InChI=1S/C31H39N5O7S/c1-6-24-21-34(30(37)43-31(3,4)5)17-18-35(24)26-15-14-22(25-11-10-16-32-29(25)42-7-2)19-23(26)20-33-44(40,41)28-13-9-8-12-27(28)36(38)39/h8-16,19,24,33H,6-7,17-18,20-21H2,1-5H3/t24-/m1/s1. The van der Waals surface area contributed by atoms with Crippen LogP contribution in [-0.4, -0.2) is 67.2 Å². The molecule has 0 spiro atoms. The number of para-hydroxylation sites is 1. The summed E-state index contributed by atoms with van der Waals surface area (Å²) in [6.45, 7) is 11.0. The summed E-state index contributed by atoms with van der Waals surface area (Å²) < 4.78 is 40.6. The Bertz CT molecular complexity index is 1610. The number of hydrogen-bond acceptors (Lipinski definition) is 9. The first-order valence-corrected chi connectivity index (χ1v) is 16.0. The van der Waals surface area contributed by atoms with E-state index in [0.29, 0.717) is 37.7 Å². The van der Waals surface area contributed by atoms with Crippen molar-refractivity contribution in [3.8, 4) is 17.0 Å². The minimum absolute atomic E-state index is 0.0648. The Labute approximate surface area is 258 Å². The molecular weight excluding hydrogens is 586 g/mol. The van der Waals surface area contributed by atoms with Crippen molar-refractivity contribution in [2.75, 3.05) is 31.1 Å². The number of amides is 1. The summed E-state index contributed by atoms with van der Waals surface area (Å²) in [5, 5.41) is 11.6. The molecule has 4 rings (SSSR count). The topological polar surface area (TPSA) is 144 Å². The fourth-order valence-corrected chi connectivity index (χ4v) is 6.31. The van der Waals surface area contributed by atoms with Gasteiger partial charge in [-0.1, -0.05) is 25.1 Å². The molecule has 1 amide bonds. The Hall–Kier alpha value is -4.23. The van der Waals surface area contributed by atoms with E-state index in [4.69, 9.17) is 9.47 Å². The zero-order valence-corrected chi connectivity index (χ0v) is 26.5. The van der Waals surface area contributed by atoms with Gasteiger partial charge in [-0.3, -0.25) is 10.1 Å². The van der Waals surface area contributed by atoms with Crippen molar-refractivity contribution in [1.82, 2.24) is 14.6 Å². The Morgan fingerprint density at radius 1 is 1.11 bits per heavy atom. The van der Waals surface area contributed by atoms with Crippen molar-refractivity contribution >= 4 is 27.5 Å². The molecule has 1 aliphatic rings.